The largest absolute Gasteiger partial charge is 0.353 e. The summed E-state index contributed by atoms with van der Waals surface area (Å²) in [6.07, 6.45) is 10.1. The molecule has 3 heterocycles. The Morgan fingerprint density at radius 1 is 1.03 bits per heavy atom. The molecule has 5 heteroatoms. The van der Waals surface area contributed by atoms with Crippen LogP contribution in [0.5, 0.6) is 0 Å². The minimum atomic E-state index is 0.212. The average molecular weight is 405 g/mol. The molecule has 1 saturated carbocycles. The maximum absolute atomic E-state index is 12.7. The van der Waals surface area contributed by atoms with Gasteiger partial charge in [-0.25, -0.2) is 0 Å². The van der Waals surface area contributed by atoms with Crippen LogP contribution in [-0.2, 0) is 17.8 Å². The fourth-order valence-electron chi connectivity index (χ4n) is 5.18. The summed E-state index contributed by atoms with van der Waals surface area (Å²) < 4.78 is 0. The Morgan fingerprint density at radius 2 is 1.87 bits per heavy atom. The number of fused-ring (bicyclic) bond motifs is 1. The van der Waals surface area contributed by atoms with Gasteiger partial charge in [0.05, 0.1) is 0 Å². The fraction of sp³-hybridized carbons (Fsp3) is 0.520. The maximum Gasteiger partial charge on any atom is 0.222 e. The highest BCUT2D eigenvalue weighted by molar-refractivity contribution is 5.77. The third-order valence-electron chi connectivity index (χ3n) is 6.93. The summed E-state index contributed by atoms with van der Waals surface area (Å²) in [5, 5.41) is 3.21. The lowest BCUT2D eigenvalue weighted by Crippen LogP contribution is -2.49. The molecule has 1 unspecified atom stereocenters. The van der Waals surface area contributed by atoms with Crippen molar-refractivity contribution < 1.29 is 4.79 Å². The lowest BCUT2D eigenvalue weighted by molar-refractivity contribution is -0.123. The number of nitrogens with one attached hydrogen (secondary N) is 1. The monoisotopic (exact) mass is 404 g/mol. The van der Waals surface area contributed by atoms with Gasteiger partial charge in [-0.3, -0.25) is 19.6 Å². The van der Waals surface area contributed by atoms with E-state index in [1.54, 1.807) is 0 Å². The van der Waals surface area contributed by atoms with Crippen LogP contribution in [0.15, 0.2) is 48.8 Å². The van der Waals surface area contributed by atoms with Crippen molar-refractivity contribution in [3.05, 3.63) is 65.5 Å². The number of benzene rings is 1. The van der Waals surface area contributed by atoms with Crippen molar-refractivity contribution in [3.8, 4) is 0 Å². The first-order chi connectivity index (χ1) is 14.8. The lowest BCUT2D eigenvalue weighted by atomic mass is 9.87. The van der Waals surface area contributed by atoms with Crippen LogP contribution in [0.25, 0.3) is 0 Å². The van der Waals surface area contributed by atoms with Gasteiger partial charge in [0.15, 0.2) is 0 Å². The normalized spacial score (nSPS) is 23.1. The van der Waals surface area contributed by atoms with Gasteiger partial charge in [-0.2, -0.15) is 0 Å². The second-order valence-corrected chi connectivity index (χ2v) is 9.12. The number of hydrogen-bond donors (Lipinski definition) is 1. The van der Waals surface area contributed by atoms with Crippen LogP contribution in [0.2, 0.25) is 0 Å². The van der Waals surface area contributed by atoms with Gasteiger partial charge in [0.25, 0.3) is 0 Å². The summed E-state index contributed by atoms with van der Waals surface area (Å²) in [6.45, 7) is 4.26. The molecule has 2 aliphatic heterocycles. The molecule has 1 aromatic carbocycles. The third-order valence-corrected chi connectivity index (χ3v) is 6.93. The molecule has 1 aliphatic carbocycles. The fourth-order valence-corrected chi connectivity index (χ4v) is 5.18. The molecular weight excluding hydrogens is 372 g/mol. The predicted molar refractivity (Wildman–Crippen MR) is 118 cm³/mol. The molecule has 1 saturated heterocycles. The smallest absolute Gasteiger partial charge is 0.222 e. The third kappa shape index (κ3) is 4.57. The van der Waals surface area contributed by atoms with Crippen molar-refractivity contribution in [2.45, 2.75) is 63.2 Å². The molecule has 1 N–H and O–H groups in total. The first kappa shape index (κ1) is 19.7. The van der Waals surface area contributed by atoms with E-state index < -0.39 is 0 Å². The Bertz CT molecular complexity index is 858. The number of likely N-dealkylation sites (tertiary alicyclic amines) is 1. The zero-order chi connectivity index (χ0) is 20.3. The Morgan fingerprint density at radius 3 is 2.63 bits per heavy atom. The molecular formula is C25H32N4O. The van der Waals surface area contributed by atoms with E-state index in [9.17, 15) is 4.79 Å². The van der Waals surface area contributed by atoms with Crippen LogP contribution in [-0.4, -0.2) is 52.4 Å². The lowest BCUT2D eigenvalue weighted by Gasteiger charge is -2.45. The van der Waals surface area contributed by atoms with E-state index in [-0.39, 0.29) is 11.9 Å². The van der Waals surface area contributed by atoms with Gasteiger partial charge in [0, 0.05) is 50.0 Å². The van der Waals surface area contributed by atoms with Crippen LogP contribution in [0, 0.1) is 0 Å². The van der Waals surface area contributed by atoms with E-state index in [0.29, 0.717) is 18.5 Å². The number of carbonyl (C=O) groups excluding carboxylic acids is 1. The number of aromatic nitrogens is 1. The molecule has 1 atom stereocenters. The van der Waals surface area contributed by atoms with Crippen LogP contribution in [0.1, 0.15) is 54.8 Å². The minimum Gasteiger partial charge on any atom is -0.353 e. The van der Waals surface area contributed by atoms with Crippen LogP contribution < -0.4 is 5.32 Å². The first-order valence-electron chi connectivity index (χ1n) is 11.5. The van der Waals surface area contributed by atoms with Crippen molar-refractivity contribution in [2.75, 3.05) is 19.6 Å². The minimum absolute atomic E-state index is 0.212. The van der Waals surface area contributed by atoms with Gasteiger partial charge in [0.1, 0.15) is 0 Å². The summed E-state index contributed by atoms with van der Waals surface area (Å²) in [5.41, 5.74) is 4.08. The second-order valence-electron chi connectivity index (χ2n) is 9.12. The van der Waals surface area contributed by atoms with E-state index >= 15 is 0 Å². The topological polar surface area (TPSA) is 48.5 Å². The van der Waals surface area contributed by atoms with Crippen molar-refractivity contribution in [3.63, 3.8) is 0 Å². The maximum atomic E-state index is 12.7. The molecule has 158 valence electrons. The number of piperidine rings is 1. The Balaban J connectivity index is 1.26. The average Bonchev–Trinajstić information content (AvgIpc) is 3.59. The number of nitrogens with zero attached hydrogens (tertiary/aromatic N) is 3. The van der Waals surface area contributed by atoms with Crippen LogP contribution in [0.4, 0.5) is 0 Å². The molecule has 0 spiro atoms. The van der Waals surface area contributed by atoms with E-state index in [0.717, 1.165) is 45.4 Å². The van der Waals surface area contributed by atoms with Crippen molar-refractivity contribution >= 4 is 5.91 Å². The van der Waals surface area contributed by atoms with E-state index in [2.05, 4.69) is 50.4 Å². The molecule has 3 aliphatic rings. The molecule has 1 aromatic heterocycles. The molecule has 2 fully saturated rings. The molecule has 5 rings (SSSR count). The van der Waals surface area contributed by atoms with Gasteiger partial charge in [-0.15, -0.1) is 0 Å². The number of amides is 1. The molecule has 0 radical (unpaired) electrons. The quantitative estimate of drug-likeness (QED) is 0.803. The summed E-state index contributed by atoms with van der Waals surface area (Å²) in [4.78, 5) is 22.1. The number of carbonyl (C=O) groups is 1. The molecule has 5 nitrogen and oxygen atoms in total. The van der Waals surface area contributed by atoms with Crippen LogP contribution in [0.3, 0.4) is 0 Å². The first-order valence-corrected chi connectivity index (χ1v) is 11.5. The van der Waals surface area contributed by atoms with Gasteiger partial charge >= 0.3 is 0 Å². The van der Waals surface area contributed by atoms with Crippen molar-refractivity contribution in [2.24, 2.45) is 0 Å². The zero-order valence-electron chi connectivity index (χ0n) is 17.7. The van der Waals surface area contributed by atoms with Crippen LogP contribution >= 0.6 is 0 Å². The highest BCUT2D eigenvalue weighted by Gasteiger charge is 2.36. The Hall–Kier alpha value is -2.24. The second kappa shape index (κ2) is 8.86. The molecule has 2 aromatic rings. The number of hydrogen-bond acceptors (Lipinski definition) is 4. The molecule has 30 heavy (non-hydrogen) atoms. The van der Waals surface area contributed by atoms with E-state index in [1.165, 1.54) is 29.5 Å². The SMILES string of the molecule is O=C(CC1c2ccccc2CCN1C1CCN(Cc2cccnc2)CC1)NC1CC1. The molecule has 0 bridgehead atoms. The summed E-state index contributed by atoms with van der Waals surface area (Å²) in [6, 6.07) is 14.1. The number of rotatable bonds is 6. The molecule has 1 amide bonds. The Kier molecular flexibility index (Phi) is 5.82. The van der Waals surface area contributed by atoms with E-state index in [4.69, 9.17) is 0 Å². The van der Waals surface area contributed by atoms with E-state index in [1.807, 2.05) is 18.5 Å². The summed E-state index contributed by atoms with van der Waals surface area (Å²) in [5.74, 6) is 0.221. The van der Waals surface area contributed by atoms with Gasteiger partial charge < -0.3 is 5.32 Å². The summed E-state index contributed by atoms with van der Waals surface area (Å²) >= 11 is 0. The number of pyridine rings is 1. The van der Waals surface area contributed by atoms with Gasteiger partial charge in [-0.1, -0.05) is 30.3 Å². The highest BCUT2D eigenvalue weighted by Crippen LogP contribution is 2.36. The highest BCUT2D eigenvalue weighted by atomic mass is 16.1. The summed E-state index contributed by atoms with van der Waals surface area (Å²) in [7, 11) is 0. The van der Waals surface area contributed by atoms with Crippen molar-refractivity contribution in [1.29, 1.82) is 0 Å². The zero-order valence-corrected chi connectivity index (χ0v) is 17.7. The van der Waals surface area contributed by atoms with Gasteiger partial charge in [-0.05, 0) is 68.0 Å². The Labute approximate surface area is 179 Å². The standard InChI is InChI=1S/C25H32N4O/c30-25(27-21-7-8-21)16-24-23-6-2-1-5-20(23)9-15-29(24)22-10-13-28(14-11-22)18-19-4-3-12-26-17-19/h1-6,12,17,21-22,24H,7-11,13-16,18H2,(H,27,30). The van der Waals surface area contributed by atoms with Gasteiger partial charge in [0.2, 0.25) is 5.91 Å². The van der Waals surface area contributed by atoms with Crippen molar-refractivity contribution in [1.82, 2.24) is 20.1 Å². The predicted octanol–water partition coefficient (Wildman–Crippen LogP) is 3.31.